The highest BCUT2D eigenvalue weighted by Gasteiger charge is 2.07. The normalized spacial score (nSPS) is 9.94. The van der Waals surface area contributed by atoms with E-state index >= 15 is 0 Å². The van der Waals surface area contributed by atoms with Crippen LogP contribution in [-0.4, -0.2) is 18.2 Å². The Morgan fingerprint density at radius 2 is 1.94 bits per heavy atom. The summed E-state index contributed by atoms with van der Waals surface area (Å²) in [5, 5.41) is 3.35. The fraction of sp³-hybridized carbons (Fsp3) is 0.273. The minimum absolute atomic E-state index is 0.0365. The van der Waals surface area contributed by atoms with Crippen molar-refractivity contribution in [3.8, 4) is 0 Å². The number of carbonyl (C=O) groups excluding carboxylic acids is 2. The number of hydrogen-bond donors (Lipinski definition) is 1. The van der Waals surface area contributed by atoms with Crippen molar-refractivity contribution in [2.24, 2.45) is 0 Å². The summed E-state index contributed by atoms with van der Waals surface area (Å²) in [5.41, 5.74) is 0.429. The molecule has 0 aliphatic heterocycles. The Morgan fingerprint density at radius 1 is 1.25 bits per heavy atom. The topological polar surface area (TPSA) is 46.2 Å². The second kappa shape index (κ2) is 5.87. The fourth-order valence-corrected chi connectivity index (χ4v) is 1.39. The molecule has 0 fully saturated rings. The molecule has 1 aromatic rings. The zero-order valence-electron chi connectivity index (χ0n) is 8.72. The first-order valence-electron chi connectivity index (χ1n) is 4.73. The van der Waals surface area contributed by atoms with Gasteiger partial charge in [-0.25, -0.2) is 0 Å². The van der Waals surface area contributed by atoms with Gasteiger partial charge in [0, 0.05) is 18.5 Å². The minimum Gasteiger partial charge on any atom is -0.352 e. The number of hydrogen-bond acceptors (Lipinski definition) is 2. The molecule has 0 aliphatic rings. The van der Waals surface area contributed by atoms with Crippen molar-refractivity contribution >= 4 is 34.9 Å². The third kappa shape index (κ3) is 3.83. The van der Waals surface area contributed by atoms with Crippen LogP contribution in [0.15, 0.2) is 18.2 Å². The molecule has 86 valence electrons. The van der Waals surface area contributed by atoms with E-state index < -0.39 is 0 Å². The first kappa shape index (κ1) is 13.0. The summed E-state index contributed by atoms with van der Waals surface area (Å²) in [5.74, 6) is -0.228. The van der Waals surface area contributed by atoms with E-state index in [4.69, 9.17) is 23.2 Å². The summed E-state index contributed by atoms with van der Waals surface area (Å²) in [6, 6.07) is 4.63. The highest BCUT2D eigenvalue weighted by atomic mass is 35.5. The van der Waals surface area contributed by atoms with Crippen LogP contribution < -0.4 is 5.32 Å². The van der Waals surface area contributed by atoms with Crippen LogP contribution in [0.3, 0.4) is 0 Å². The number of carbonyl (C=O) groups is 2. The Labute approximate surface area is 104 Å². The maximum absolute atomic E-state index is 11.6. The zero-order valence-corrected chi connectivity index (χ0v) is 10.2. The van der Waals surface area contributed by atoms with Crippen molar-refractivity contribution in [3.63, 3.8) is 0 Å². The predicted octanol–water partition coefficient (Wildman–Crippen LogP) is 2.70. The Balaban J connectivity index is 2.59. The van der Waals surface area contributed by atoms with Gasteiger partial charge < -0.3 is 5.32 Å². The van der Waals surface area contributed by atoms with E-state index in [0.717, 1.165) is 0 Å². The van der Waals surface area contributed by atoms with Gasteiger partial charge in [0.1, 0.15) is 5.78 Å². The molecule has 0 unspecified atom stereocenters. The highest BCUT2D eigenvalue weighted by molar-refractivity contribution is 6.42. The van der Waals surface area contributed by atoms with E-state index in [1.165, 1.54) is 13.0 Å². The average Bonchev–Trinajstić information content (AvgIpc) is 2.21. The van der Waals surface area contributed by atoms with Crippen molar-refractivity contribution < 1.29 is 9.59 Å². The summed E-state index contributed by atoms with van der Waals surface area (Å²) in [7, 11) is 0. The van der Waals surface area contributed by atoms with Gasteiger partial charge in [0.25, 0.3) is 5.91 Å². The van der Waals surface area contributed by atoms with Gasteiger partial charge in [-0.05, 0) is 25.1 Å². The first-order chi connectivity index (χ1) is 7.50. The lowest BCUT2D eigenvalue weighted by Crippen LogP contribution is -2.25. The zero-order chi connectivity index (χ0) is 12.1. The summed E-state index contributed by atoms with van der Waals surface area (Å²) >= 11 is 11.5. The Bertz CT molecular complexity index is 418. The molecule has 0 spiro atoms. The predicted molar refractivity (Wildman–Crippen MR) is 64.1 cm³/mol. The Morgan fingerprint density at radius 3 is 2.50 bits per heavy atom. The van der Waals surface area contributed by atoms with E-state index in [2.05, 4.69) is 5.32 Å². The molecule has 0 saturated heterocycles. The van der Waals surface area contributed by atoms with Gasteiger partial charge in [-0.3, -0.25) is 9.59 Å². The largest absolute Gasteiger partial charge is 0.352 e. The first-order valence-corrected chi connectivity index (χ1v) is 5.49. The molecule has 3 nitrogen and oxygen atoms in total. The van der Waals surface area contributed by atoms with Gasteiger partial charge >= 0.3 is 0 Å². The van der Waals surface area contributed by atoms with E-state index in [9.17, 15) is 9.59 Å². The van der Waals surface area contributed by atoms with Gasteiger partial charge in [0.15, 0.2) is 0 Å². The van der Waals surface area contributed by atoms with Crippen LogP contribution in [-0.2, 0) is 4.79 Å². The summed E-state index contributed by atoms with van der Waals surface area (Å²) in [6.07, 6.45) is 0.326. The van der Waals surface area contributed by atoms with Gasteiger partial charge in [-0.2, -0.15) is 0 Å². The van der Waals surface area contributed by atoms with Crippen molar-refractivity contribution in [2.75, 3.05) is 6.54 Å². The number of halogens is 2. The maximum Gasteiger partial charge on any atom is 0.251 e. The number of amides is 1. The molecule has 0 aliphatic carbocycles. The lowest BCUT2D eigenvalue weighted by molar-refractivity contribution is -0.116. The molecule has 0 atom stereocenters. The highest BCUT2D eigenvalue weighted by Crippen LogP contribution is 2.22. The molecular formula is C11H11Cl2NO2. The maximum atomic E-state index is 11.6. The van der Waals surface area contributed by atoms with Crippen LogP contribution in [0.4, 0.5) is 0 Å². The third-order valence-electron chi connectivity index (χ3n) is 1.94. The van der Waals surface area contributed by atoms with Crippen molar-refractivity contribution in [2.45, 2.75) is 13.3 Å². The second-order valence-corrected chi connectivity index (χ2v) is 4.15. The number of rotatable bonds is 4. The summed E-state index contributed by atoms with van der Waals surface area (Å²) in [4.78, 5) is 22.2. The molecule has 0 heterocycles. The molecule has 0 aromatic heterocycles. The lowest BCUT2D eigenvalue weighted by atomic mass is 10.2. The smallest absolute Gasteiger partial charge is 0.251 e. The van der Waals surface area contributed by atoms with E-state index in [1.54, 1.807) is 12.1 Å². The Kier molecular flexibility index (Phi) is 4.77. The van der Waals surface area contributed by atoms with Gasteiger partial charge in [-0.1, -0.05) is 23.2 Å². The van der Waals surface area contributed by atoms with E-state index in [1.807, 2.05) is 0 Å². The van der Waals surface area contributed by atoms with Gasteiger partial charge in [-0.15, -0.1) is 0 Å². The molecule has 0 saturated carbocycles. The van der Waals surface area contributed by atoms with Gasteiger partial charge in [0.2, 0.25) is 0 Å². The average molecular weight is 260 g/mol. The summed E-state index contributed by atoms with van der Waals surface area (Å²) < 4.78 is 0. The molecular weight excluding hydrogens is 249 g/mol. The Hall–Kier alpha value is -1.06. The molecule has 1 N–H and O–H groups in total. The molecule has 0 radical (unpaired) electrons. The van der Waals surface area contributed by atoms with E-state index in [-0.39, 0.29) is 11.7 Å². The number of nitrogens with one attached hydrogen (secondary N) is 1. The fourth-order valence-electron chi connectivity index (χ4n) is 1.09. The minimum atomic E-state index is -0.264. The van der Waals surface area contributed by atoms with Crippen LogP contribution in [0.2, 0.25) is 10.0 Å². The quantitative estimate of drug-likeness (QED) is 0.904. The standard InChI is InChI=1S/C11H11Cl2NO2/c1-7(15)4-5-14-11(16)8-2-3-9(12)10(13)6-8/h2-3,6H,4-5H2,1H3,(H,14,16). The monoisotopic (exact) mass is 259 g/mol. The van der Waals surface area contributed by atoms with Crippen molar-refractivity contribution in [1.82, 2.24) is 5.32 Å². The van der Waals surface area contributed by atoms with Crippen LogP contribution >= 0.6 is 23.2 Å². The van der Waals surface area contributed by atoms with Crippen molar-refractivity contribution in [1.29, 1.82) is 0 Å². The van der Waals surface area contributed by atoms with Gasteiger partial charge in [0.05, 0.1) is 10.0 Å². The lowest BCUT2D eigenvalue weighted by Gasteiger charge is -2.04. The van der Waals surface area contributed by atoms with Crippen molar-refractivity contribution in [3.05, 3.63) is 33.8 Å². The molecule has 5 heteroatoms. The van der Waals surface area contributed by atoms with Crippen LogP contribution in [0.5, 0.6) is 0 Å². The number of benzene rings is 1. The third-order valence-corrected chi connectivity index (χ3v) is 2.68. The van der Waals surface area contributed by atoms with Crippen LogP contribution in [0.25, 0.3) is 0 Å². The second-order valence-electron chi connectivity index (χ2n) is 3.34. The van der Waals surface area contributed by atoms with Crippen LogP contribution in [0.1, 0.15) is 23.7 Å². The molecule has 1 rings (SSSR count). The van der Waals surface area contributed by atoms with Crippen LogP contribution in [0, 0.1) is 0 Å². The molecule has 0 bridgehead atoms. The summed E-state index contributed by atoms with van der Waals surface area (Å²) in [6.45, 7) is 1.81. The molecule has 1 aromatic carbocycles. The SMILES string of the molecule is CC(=O)CCNC(=O)c1ccc(Cl)c(Cl)c1. The molecule has 16 heavy (non-hydrogen) atoms. The molecule has 1 amide bonds. The number of ketones is 1. The number of Topliss-reactive ketones (excluding diaryl/α,β-unsaturated/α-hetero) is 1. The van der Waals surface area contributed by atoms with E-state index in [0.29, 0.717) is 28.6 Å².